The van der Waals surface area contributed by atoms with E-state index in [1.165, 1.54) is 32.0 Å². The number of hydrogen-bond donors (Lipinski definition) is 1. The Morgan fingerprint density at radius 3 is 2.53 bits per heavy atom. The molecule has 1 rings (SSSR count). The van der Waals surface area contributed by atoms with Crippen LogP contribution in [0.25, 0.3) is 0 Å². The minimum atomic E-state index is -2.69. The fraction of sp³-hybridized carbons (Fsp3) is 0.400. The Bertz CT molecular complexity index is 377. The largest absolute Gasteiger partial charge is 0.481 e. The molecule has 0 aliphatic carbocycles. The zero-order chi connectivity index (χ0) is 11.6. The molecule has 1 heterocycles. The molecule has 0 aliphatic heterocycles. The molecule has 0 aromatic carbocycles. The first-order valence-electron chi connectivity index (χ1n) is 4.34. The smallest absolute Gasteiger partial charge is 0.315 e. The average molecular weight is 215 g/mol. The van der Waals surface area contributed by atoms with Crippen molar-refractivity contribution in [2.75, 3.05) is 0 Å². The highest BCUT2D eigenvalue weighted by atomic mass is 19.3. The molecular weight excluding hydrogens is 204 g/mol. The molecule has 15 heavy (non-hydrogen) atoms. The van der Waals surface area contributed by atoms with Crippen LogP contribution in [-0.2, 0) is 10.2 Å². The number of carbonyl (C=O) groups is 1. The molecule has 0 amide bonds. The van der Waals surface area contributed by atoms with E-state index < -0.39 is 23.5 Å². The van der Waals surface area contributed by atoms with E-state index in [-0.39, 0.29) is 5.69 Å². The van der Waals surface area contributed by atoms with Crippen LogP contribution in [0.1, 0.15) is 31.7 Å². The number of rotatable bonds is 3. The second-order valence-electron chi connectivity index (χ2n) is 3.68. The lowest BCUT2D eigenvalue weighted by atomic mass is 9.89. The van der Waals surface area contributed by atoms with Gasteiger partial charge < -0.3 is 5.11 Å². The molecule has 0 atom stereocenters. The fourth-order valence-corrected chi connectivity index (χ4v) is 1.03. The van der Waals surface area contributed by atoms with Gasteiger partial charge in [0.25, 0.3) is 6.43 Å². The second-order valence-corrected chi connectivity index (χ2v) is 3.68. The molecule has 1 aromatic heterocycles. The monoisotopic (exact) mass is 215 g/mol. The lowest BCUT2D eigenvalue weighted by Gasteiger charge is -2.18. The highest BCUT2D eigenvalue weighted by Crippen LogP contribution is 2.24. The standard InChI is InChI=1S/C10H11F2NO2/c1-10(2,9(14)15)7-5-3-4-6(13-7)8(11)12/h3-5,8H,1-2H3,(H,14,15). The van der Waals surface area contributed by atoms with E-state index in [0.29, 0.717) is 0 Å². The van der Waals surface area contributed by atoms with Crippen molar-refractivity contribution in [2.45, 2.75) is 25.7 Å². The highest BCUT2D eigenvalue weighted by Gasteiger charge is 2.31. The summed E-state index contributed by atoms with van der Waals surface area (Å²) in [4.78, 5) is 14.5. The molecule has 0 saturated heterocycles. The van der Waals surface area contributed by atoms with Crippen molar-refractivity contribution in [3.05, 3.63) is 29.6 Å². The summed E-state index contributed by atoms with van der Waals surface area (Å²) in [6, 6.07) is 3.99. The van der Waals surface area contributed by atoms with Gasteiger partial charge in [0.2, 0.25) is 0 Å². The van der Waals surface area contributed by atoms with E-state index in [1.807, 2.05) is 0 Å². The Labute approximate surface area is 85.8 Å². The van der Waals surface area contributed by atoms with Gasteiger partial charge in [-0.15, -0.1) is 0 Å². The third-order valence-electron chi connectivity index (χ3n) is 2.17. The molecule has 0 spiro atoms. The van der Waals surface area contributed by atoms with E-state index in [0.717, 1.165) is 0 Å². The fourth-order valence-electron chi connectivity index (χ4n) is 1.03. The first-order valence-corrected chi connectivity index (χ1v) is 4.34. The lowest BCUT2D eigenvalue weighted by molar-refractivity contribution is -0.142. The minimum Gasteiger partial charge on any atom is -0.481 e. The van der Waals surface area contributed by atoms with Crippen molar-refractivity contribution < 1.29 is 18.7 Å². The Hall–Kier alpha value is -1.52. The molecule has 82 valence electrons. The van der Waals surface area contributed by atoms with Crippen LogP contribution in [0.2, 0.25) is 0 Å². The number of carboxylic acid groups (broad SMARTS) is 1. The first kappa shape index (κ1) is 11.6. The first-order chi connectivity index (χ1) is 6.85. The normalized spacial score (nSPS) is 11.8. The van der Waals surface area contributed by atoms with Gasteiger partial charge >= 0.3 is 5.97 Å². The Balaban J connectivity index is 3.16. The molecular formula is C10H11F2NO2. The summed E-state index contributed by atoms with van der Waals surface area (Å²) in [5, 5.41) is 8.90. The molecule has 0 radical (unpaired) electrons. The average Bonchev–Trinajstić information content (AvgIpc) is 2.17. The second kappa shape index (κ2) is 3.92. The number of aliphatic carboxylic acids is 1. The van der Waals surface area contributed by atoms with E-state index >= 15 is 0 Å². The molecule has 1 aromatic rings. The Morgan fingerprint density at radius 1 is 1.47 bits per heavy atom. The van der Waals surface area contributed by atoms with Crippen molar-refractivity contribution >= 4 is 5.97 Å². The maximum atomic E-state index is 12.3. The summed E-state index contributed by atoms with van der Waals surface area (Å²) in [5.41, 5.74) is -1.53. The van der Waals surface area contributed by atoms with E-state index in [2.05, 4.69) is 4.98 Å². The van der Waals surface area contributed by atoms with Crippen LogP contribution in [0.15, 0.2) is 18.2 Å². The van der Waals surface area contributed by atoms with Crippen molar-refractivity contribution in [2.24, 2.45) is 0 Å². The summed E-state index contributed by atoms with van der Waals surface area (Å²) < 4.78 is 24.7. The van der Waals surface area contributed by atoms with Gasteiger partial charge in [0.1, 0.15) is 11.1 Å². The molecule has 0 fully saturated rings. The number of halogens is 2. The van der Waals surface area contributed by atoms with E-state index in [1.54, 1.807) is 0 Å². The molecule has 1 N–H and O–H groups in total. The number of alkyl halides is 2. The van der Waals surface area contributed by atoms with Gasteiger partial charge in [-0.2, -0.15) is 0 Å². The van der Waals surface area contributed by atoms with Crippen LogP contribution in [-0.4, -0.2) is 16.1 Å². The summed E-state index contributed by atoms with van der Waals surface area (Å²) in [6.45, 7) is 2.85. The van der Waals surface area contributed by atoms with Gasteiger partial charge in [-0.05, 0) is 26.0 Å². The number of hydrogen-bond acceptors (Lipinski definition) is 2. The number of carboxylic acids is 1. The zero-order valence-corrected chi connectivity index (χ0v) is 8.37. The van der Waals surface area contributed by atoms with Crippen LogP contribution in [0.4, 0.5) is 8.78 Å². The third kappa shape index (κ3) is 2.29. The van der Waals surface area contributed by atoms with Gasteiger partial charge in [-0.25, -0.2) is 8.78 Å². The van der Waals surface area contributed by atoms with Gasteiger partial charge in [0, 0.05) is 0 Å². The molecule has 0 aliphatic rings. The highest BCUT2D eigenvalue weighted by molar-refractivity contribution is 5.79. The molecule has 3 nitrogen and oxygen atoms in total. The van der Waals surface area contributed by atoms with Gasteiger partial charge in [-0.3, -0.25) is 9.78 Å². The number of nitrogens with zero attached hydrogens (tertiary/aromatic N) is 1. The quantitative estimate of drug-likeness (QED) is 0.842. The Kier molecular flexibility index (Phi) is 3.02. The third-order valence-corrected chi connectivity index (χ3v) is 2.17. The molecule has 0 saturated carbocycles. The number of aromatic nitrogens is 1. The molecule has 5 heteroatoms. The minimum absolute atomic E-state index is 0.132. The summed E-state index contributed by atoms with van der Waals surface area (Å²) in [6.07, 6.45) is -2.69. The predicted octanol–water partition coefficient (Wildman–Crippen LogP) is 2.38. The summed E-state index contributed by atoms with van der Waals surface area (Å²) >= 11 is 0. The van der Waals surface area contributed by atoms with Crippen molar-refractivity contribution in [1.82, 2.24) is 4.98 Å². The Morgan fingerprint density at radius 2 is 2.07 bits per heavy atom. The van der Waals surface area contributed by atoms with E-state index in [9.17, 15) is 13.6 Å². The van der Waals surface area contributed by atoms with Gasteiger partial charge in [0.05, 0.1) is 5.69 Å². The van der Waals surface area contributed by atoms with Gasteiger partial charge in [-0.1, -0.05) is 6.07 Å². The van der Waals surface area contributed by atoms with Crippen LogP contribution < -0.4 is 0 Å². The number of pyridine rings is 1. The maximum Gasteiger partial charge on any atom is 0.315 e. The maximum absolute atomic E-state index is 12.3. The van der Waals surface area contributed by atoms with Crippen molar-refractivity contribution in [3.8, 4) is 0 Å². The van der Waals surface area contributed by atoms with E-state index in [4.69, 9.17) is 5.11 Å². The molecule has 0 unspecified atom stereocenters. The summed E-state index contributed by atoms with van der Waals surface area (Å²) in [5.74, 6) is -1.10. The van der Waals surface area contributed by atoms with Crippen molar-refractivity contribution in [3.63, 3.8) is 0 Å². The van der Waals surface area contributed by atoms with Crippen LogP contribution in [0.3, 0.4) is 0 Å². The predicted molar refractivity (Wildman–Crippen MR) is 49.9 cm³/mol. The van der Waals surface area contributed by atoms with Crippen molar-refractivity contribution in [1.29, 1.82) is 0 Å². The van der Waals surface area contributed by atoms with Crippen LogP contribution in [0, 0.1) is 0 Å². The van der Waals surface area contributed by atoms with Crippen LogP contribution in [0.5, 0.6) is 0 Å². The zero-order valence-electron chi connectivity index (χ0n) is 8.37. The SMILES string of the molecule is CC(C)(C(=O)O)c1cccc(C(F)F)n1. The lowest BCUT2D eigenvalue weighted by Crippen LogP contribution is -2.29. The van der Waals surface area contributed by atoms with Crippen LogP contribution >= 0.6 is 0 Å². The topological polar surface area (TPSA) is 50.2 Å². The molecule has 0 bridgehead atoms. The summed E-state index contributed by atoms with van der Waals surface area (Å²) in [7, 11) is 0. The van der Waals surface area contributed by atoms with Gasteiger partial charge in [0.15, 0.2) is 0 Å².